The molecule has 0 spiro atoms. The normalized spacial score (nSPS) is 22.6. The molecule has 20 heavy (non-hydrogen) atoms. The summed E-state index contributed by atoms with van der Waals surface area (Å²) in [5.41, 5.74) is 2.09. The van der Waals surface area contributed by atoms with Gasteiger partial charge in [0, 0.05) is 17.8 Å². The monoisotopic (exact) mass is 293 g/mol. The maximum atomic E-state index is 10.6. The van der Waals surface area contributed by atoms with Crippen molar-refractivity contribution in [2.45, 2.75) is 49.9 Å². The Morgan fingerprint density at radius 3 is 2.65 bits per heavy atom. The molecule has 2 atom stereocenters. The third-order valence-corrected chi connectivity index (χ3v) is 5.03. The van der Waals surface area contributed by atoms with Crippen LogP contribution in [0.25, 0.3) is 0 Å². The van der Waals surface area contributed by atoms with Crippen molar-refractivity contribution in [1.82, 2.24) is 5.32 Å². The van der Waals surface area contributed by atoms with Gasteiger partial charge in [-0.1, -0.05) is 30.7 Å². The van der Waals surface area contributed by atoms with Gasteiger partial charge in [-0.2, -0.15) is 11.8 Å². The molecular weight excluding hydrogens is 270 g/mol. The zero-order valence-electron chi connectivity index (χ0n) is 12.0. The third-order valence-electron chi connectivity index (χ3n) is 3.93. The second-order valence-corrected chi connectivity index (χ2v) is 6.63. The van der Waals surface area contributed by atoms with Gasteiger partial charge in [0.05, 0.1) is 6.42 Å². The van der Waals surface area contributed by atoms with Gasteiger partial charge < -0.3 is 10.4 Å². The molecule has 0 saturated heterocycles. The predicted octanol–water partition coefficient (Wildman–Crippen LogP) is 3.08. The van der Waals surface area contributed by atoms with Crippen LogP contribution in [0.15, 0.2) is 24.3 Å². The fraction of sp³-hybridized carbons (Fsp3) is 0.562. The Hall–Kier alpha value is -1.00. The molecule has 2 N–H and O–H groups in total. The smallest absolute Gasteiger partial charge is 0.307 e. The maximum Gasteiger partial charge on any atom is 0.307 e. The molecule has 0 aliphatic heterocycles. The van der Waals surface area contributed by atoms with Crippen molar-refractivity contribution in [1.29, 1.82) is 0 Å². The van der Waals surface area contributed by atoms with Gasteiger partial charge in [0.25, 0.3) is 0 Å². The molecule has 3 nitrogen and oxygen atoms in total. The third kappa shape index (κ3) is 4.84. The molecule has 110 valence electrons. The Kier molecular flexibility index (Phi) is 5.92. The number of hydrogen-bond acceptors (Lipinski definition) is 3. The molecule has 0 amide bonds. The lowest BCUT2D eigenvalue weighted by molar-refractivity contribution is -0.136. The molecule has 1 aromatic carbocycles. The quantitative estimate of drug-likeness (QED) is 0.846. The fourth-order valence-electron chi connectivity index (χ4n) is 2.76. The second-order valence-electron chi connectivity index (χ2n) is 5.49. The number of nitrogens with one attached hydrogen (secondary N) is 1. The molecule has 0 heterocycles. The summed E-state index contributed by atoms with van der Waals surface area (Å²) in [5.74, 6) is -0.777. The van der Waals surface area contributed by atoms with Crippen molar-refractivity contribution in [3.8, 4) is 0 Å². The van der Waals surface area contributed by atoms with E-state index >= 15 is 0 Å². The summed E-state index contributed by atoms with van der Waals surface area (Å²) in [7, 11) is 0. The van der Waals surface area contributed by atoms with Gasteiger partial charge in [0.15, 0.2) is 0 Å². The van der Waals surface area contributed by atoms with Crippen LogP contribution >= 0.6 is 11.8 Å². The Morgan fingerprint density at radius 1 is 1.30 bits per heavy atom. The molecule has 0 bridgehead atoms. The van der Waals surface area contributed by atoms with Crippen LogP contribution in [0, 0.1) is 0 Å². The summed E-state index contributed by atoms with van der Waals surface area (Å²) in [4.78, 5) is 10.6. The number of hydrogen-bond donors (Lipinski definition) is 2. The Balaban J connectivity index is 1.80. The predicted molar refractivity (Wildman–Crippen MR) is 84.2 cm³/mol. The zero-order valence-corrected chi connectivity index (χ0v) is 12.8. The first kappa shape index (κ1) is 15.4. The Bertz CT molecular complexity index is 433. The van der Waals surface area contributed by atoms with Gasteiger partial charge in [-0.25, -0.2) is 0 Å². The second kappa shape index (κ2) is 7.70. The molecule has 4 heteroatoms. The summed E-state index contributed by atoms with van der Waals surface area (Å²) in [6.45, 7) is 0.874. The van der Waals surface area contributed by atoms with E-state index in [9.17, 15) is 4.79 Å². The zero-order chi connectivity index (χ0) is 14.4. The number of carboxylic acid groups (broad SMARTS) is 1. The van der Waals surface area contributed by atoms with Crippen molar-refractivity contribution >= 4 is 17.7 Å². The van der Waals surface area contributed by atoms with Crippen LogP contribution in [0.2, 0.25) is 0 Å². The Morgan fingerprint density at radius 2 is 2.00 bits per heavy atom. The fourth-order valence-corrected chi connectivity index (χ4v) is 3.58. The van der Waals surface area contributed by atoms with E-state index in [1.165, 1.54) is 31.2 Å². The molecule has 1 saturated carbocycles. The van der Waals surface area contributed by atoms with Gasteiger partial charge >= 0.3 is 5.97 Å². The van der Waals surface area contributed by atoms with Crippen LogP contribution in [-0.2, 0) is 17.8 Å². The number of benzene rings is 1. The van der Waals surface area contributed by atoms with Crippen LogP contribution in [-0.4, -0.2) is 28.6 Å². The summed E-state index contributed by atoms with van der Waals surface area (Å²) in [6.07, 6.45) is 7.51. The summed E-state index contributed by atoms with van der Waals surface area (Å²) in [6, 6.07) is 8.51. The van der Waals surface area contributed by atoms with Gasteiger partial charge in [-0.15, -0.1) is 0 Å². The van der Waals surface area contributed by atoms with Crippen molar-refractivity contribution < 1.29 is 9.90 Å². The molecule has 1 aliphatic carbocycles. The van der Waals surface area contributed by atoms with Crippen molar-refractivity contribution in [2.24, 2.45) is 0 Å². The number of carboxylic acids is 1. The van der Waals surface area contributed by atoms with Crippen molar-refractivity contribution in [3.63, 3.8) is 0 Å². The van der Waals surface area contributed by atoms with Crippen LogP contribution in [0.3, 0.4) is 0 Å². The molecule has 1 aliphatic rings. The highest BCUT2D eigenvalue weighted by Gasteiger charge is 2.20. The van der Waals surface area contributed by atoms with Crippen molar-refractivity contribution in [3.05, 3.63) is 35.4 Å². The first-order valence-corrected chi connectivity index (χ1v) is 8.52. The molecule has 0 radical (unpaired) electrons. The topological polar surface area (TPSA) is 49.3 Å². The molecule has 1 fully saturated rings. The minimum atomic E-state index is -0.777. The lowest BCUT2D eigenvalue weighted by Crippen LogP contribution is -2.34. The number of aliphatic carboxylic acids is 1. The molecular formula is C16H23NO2S. The SMILES string of the molecule is CSC1CCCC(NCc2ccc(CC(=O)O)cc2)C1. The van der Waals surface area contributed by atoms with Crippen LogP contribution in [0.5, 0.6) is 0 Å². The number of carbonyl (C=O) groups is 1. The first-order chi connectivity index (χ1) is 9.67. The van der Waals surface area contributed by atoms with E-state index in [1.807, 2.05) is 36.0 Å². The van der Waals surface area contributed by atoms with E-state index in [1.54, 1.807) is 0 Å². The van der Waals surface area contributed by atoms with Crippen molar-refractivity contribution in [2.75, 3.05) is 6.26 Å². The van der Waals surface area contributed by atoms with Crippen LogP contribution in [0.1, 0.15) is 36.8 Å². The number of rotatable bonds is 6. The average molecular weight is 293 g/mol. The van der Waals surface area contributed by atoms with Gasteiger partial charge in [0.1, 0.15) is 0 Å². The molecule has 0 aromatic heterocycles. The molecule has 1 aromatic rings. The van der Waals surface area contributed by atoms with Crippen LogP contribution < -0.4 is 5.32 Å². The first-order valence-electron chi connectivity index (χ1n) is 7.23. The number of thioether (sulfide) groups is 1. The molecule has 2 unspecified atom stereocenters. The highest BCUT2D eigenvalue weighted by atomic mass is 32.2. The highest BCUT2D eigenvalue weighted by molar-refractivity contribution is 7.99. The Labute approximate surface area is 125 Å². The molecule has 2 rings (SSSR count). The van der Waals surface area contributed by atoms with Gasteiger partial charge in [-0.05, 0) is 36.6 Å². The lowest BCUT2D eigenvalue weighted by atomic mass is 9.95. The minimum Gasteiger partial charge on any atom is -0.481 e. The highest BCUT2D eigenvalue weighted by Crippen LogP contribution is 2.27. The van der Waals surface area contributed by atoms with E-state index < -0.39 is 5.97 Å². The van der Waals surface area contributed by atoms with Crippen LogP contribution in [0.4, 0.5) is 0 Å². The van der Waals surface area contributed by atoms with E-state index in [2.05, 4.69) is 11.6 Å². The van der Waals surface area contributed by atoms with E-state index in [0.717, 1.165) is 17.4 Å². The van der Waals surface area contributed by atoms with Gasteiger partial charge in [-0.3, -0.25) is 4.79 Å². The largest absolute Gasteiger partial charge is 0.481 e. The summed E-state index contributed by atoms with van der Waals surface area (Å²) in [5, 5.41) is 13.2. The van der Waals surface area contributed by atoms with E-state index in [-0.39, 0.29) is 6.42 Å². The minimum absolute atomic E-state index is 0.103. The van der Waals surface area contributed by atoms with E-state index in [4.69, 9.17) is 5.11 Å². The van der Waals surface area contributed by atoms with Gasteiger partial charge in [0.2, 0.25) is 0 Å². The maximum absolute atomic E-state index is 10.6. The summed E-state index contributed by atoms with van der Waals surface area (Å²) >= 11 is 1.98. The average Bonchev–Trinajstić information content (AvgIpc) is 2.46. The summed E-state index contributed by atoms with van der Waals surface area (Å²) < 4.78 is 0. The van der Waals surface area contributed by atoms with E-state index in [0.29, 0.717) is 6.04 Å². The lowest BCUT2D eigenvalue weighted by Gasteiger charge is -2.28. The standard InChI is InChI=1S/C16H23NO2S/c1-20-15-4-2-3-14(10-15)17-11-13-7-5-12(6-8-13)9-16(18)19/h5-8,14-15,17H,2-4,9-11H2,1H3,(H,18,19).